The van der Waals surface area contributed by atoms with E-state index in [1.807, 2.05) is 6.92 Å². The first-order chi connectivity index (χ1) is 10.9. The summed E-state index contributed by atoms with van der Waals surface area (Å²) in [5.74, 6) is 0.157. The van der Waals surface area contributed by atoms with Crippen molar-refractivity contribution in [2.75, 3.05) is 11.9 Å². The number of anilines is 1. The Bertz CT molecular complexity index is 762. The van der Waals surface area contributed by atoms with E-state index in [0.717, 1.165) is 0 Å². The van der Waals surface area contributed by atoms with E-state index in [1.165, 1.54) is 24.3 Å². The molecule has 0 unspecified atom stereocenters. The van der Waals surface area contributed by atoms with Gasteiger partial charge in [-0.25, -0.2) is 0 Å². The lowest BCUT2D eigenvalue weighted by atomic mass is 10.1. The van der Waals surface area contributed by atoms with Crippen molar-refractivity contribution in [2.45, 2.75) is 13.8 Å². The number of rotatable bonds is 5. The van der Waals surface area contributed by atoms with E-state index in [0.29, 0.717) is 34.2 Å². The highest BCUT2D eigenvalue weighted by Crippen LogP contribution is 2.26. The third-order valence-electron chi connectivity index (χ3n) is 3.16. The molecule has 23 heavy (non-hydrogen) atoms. The number of carbonyl (C=O) groups excluding carboxylic acids is 1. The largest absolute Gasteiger partial charge is 0.492 e. The molecule has 6 nitrogen and oxygen atoms in total. The molecule has 0 heterocycles. The van der Waals surface area contributed by atoms with Crippen LogP contribution in [-0.2, 0) is 0 Å². The fraction of sp³-hybridized carbons (Fsp3) is 0.188. The normalized spacial score (nSPS) is 10.2. The zero-order valence-corrected chi connectivity index (χ0v) is 13.4. The number of benzene rings is 2. The molecule has 0 saturated heterocycles. The van der Waals surface area contributed by atoms with Crippen LogP contribution in [0.4, 0.5) is 11.4 Å². The zero-order valence-electron chi connectivity index (χ0n) is 12.6. The van der Waals surface area contributed by atoms with Crippen LogP contribution in [0.2, 0.25) is 5.02 Å². The lowest BCUT2D eigenvalue weighted by Crippen LogP contribution is -2.13. The van der Waals surface area contributed by atoms with Gasteiger partial charge < -0.3 is 10.1 Å². The molecule has 0 atom stereocenters. The fourth-order valence-corrected chi connectivity index (χ4v) is 2.25. The molecule has 0 bridgehead atoms. The Labute approximate surface area is 138 Å². The Morgan fingerprint density at radius 1 is 1.30 bits per heavy atom. The third kappa shape index (κ3) is 3.98. The maximum absolute atomic E-state index is 12.3. The predicted octanol–water partition coefficient (Wildman–Crippen LogP) is 4.21. The number of nitrogens with one attached hydrogen (secondary N) is 1. The number of hydrogen-bond donors (Lipinski definition) is 1. The van der Waals surface area contributed by atoms with Crippen molar-refractivity contribution >= 4 is 28.9 Å². The fourth-order valence-electron chi connectivity index (χ4n) is 2.01. The molecule has 2 rings (SSSR count). The van der Waals surface area contributed by atoms with Crippen molar-refractivity contribution in [1.82, 2.24) is 0 Å². The minimum absolute atomic E-state index is 0.0235. The Hall–Kier alpha value is -2.60. The highest BCUT2D eigenvalue weighted by molar-refractivity contribution is 6.32. The van der Waals surface area contributed by atoms with Gasteiger partial charge in [0.05, 0.1) is 16.6 Å². The van der Waals surface area contributed by atoms with Crippen LogP contribution in [0.15, 0.2) is 36.4 Å². The molecule has 7 heteroatoms. The van der Waals surface area contributed by atoms with Gasteiger partial charge >= 0.3 is 0 Å². The number of carbonyl (C=O) groups is 1. The highest BCUT2D eigenvalue weighted by Gasteiger charge is 2.13. The molecule has 0 radical (unpaired) electrons. The van der Waals surface area contributed by atoms with E-state index in [4.69, 9.17) is 16.3 Å². The summed E-state index contributed by atoms with van der Waals surface area (Å²) in [6, 6.07) is 9.00. The molecular formula is C16H15ClN2O4. The molecule has 0 aliphatic rings. The van der Waals surface area contributed by atoms with E-state index in [2.05, 4.69) is 5.32 Å². The van der Waals surface area contributed by atoms with Crippen LogP contribution >= 0.6 is 11.6 Å². The molecule has 0 spiro atoms. The summed E-state index contributed by atoms with van der Waals surface area (Å²) in [7, 11) is 0. The minimum Gasteiger partial charge on any atom is -0.492 e. The standard InChI is InChI=1S/C16H15ClN2O4/c1-3-23-15-7-4-11(9-13(15)17)16(20)18-14-6-5-12(19(21)22)8-10(14)2/h4-9H,3H2,1-2H3,(H,18,20). The number of nitrogens with zero attached hydrogens (tertiary/aromatic N) is 1. The van der Waals surface area contributed by atoms with Crippen molar-refractivity contribution in [3.8, 4) is 5.75 Å². The van der Waals surface area contributed by atoms with Crippen LogP contribution < -0.4 is 10.1 Å². The van der Waals surface area contributed by atoms with Gasteiger partial charge in [0.15, 0.2) is 0 Å². The Kier molecular flexibility index (Phi) is 5.18. The molecule has 1 N–H and O–H groups in total. The summed E-state index contributed by atoms with van der Waals surface area (Å²) in [6.07, 6.45) is 0. The van der Waals surface area contributed by atoms with E-state index < -0.39 is 4.92 Å². The second-order valence-electron chi connectivity index (χ2n) is 4.79. The highest BCUT2D eigenvalue weighted by atomic mass is 35.5. The minimum atomic E-state index is -0.481. The van der Waals surface area contributed by atoms with Gasteiger partial charge in [0.1, 0.15) is 5.75 Å². The molecule has 0 aliphatic heterocycles. The first-order valence-corrected chi connectivity index (χ1v) is 7.29. The molecule has 2 aromatic rings. The summed E-state index contributed by atoms with van der Waals surface area (Å²) in [6.45, 7) is 4.01. The Balaban J connectivity index is 2.19. The van der Waals surface area contributed by atoms with Crippen molar-refractivity contribution in [3.05, 3.63) is 62.7 Å². The summed E-state index contributed by atoms with van der Waals surface area (Å²) >= 11 is 6.06. The maximum Gasteiger partial charge on any atom is 0.269 e. The smallest absolute Gasteiger partial charge is 0.269 e. The Morgan fingerprint density at radius 3 is 2.61 bits per heavy atom. The van der Waals surface area contributed by atoms with Crippen LogP contribution in [0, 0.1) is 17.0 Å². The number of hydrogen-bond acceptors (Lipinski definition) is 4. The van der Waals surface area contributed by atoms with Gasteiger partial charge in [0.25, 0.3) is 11.6 Å². The molecule has 120 valence electrons. The van der Waals surface area contributed by atoms with Crippen molar-refractivity contribution < 1.29 is 14.5 Å². The lowest BCUT2D eigenvalue weighted by Gasteiger charge is -2.10. The van der Waals surface area contributed by atoms with Gasteiger partial charge in [-0.2, -0.15) is 0 Å². The quantitative estimate of drug-likeness (QED) is 0.656. The second-order valence-corrected chi connectivity index (χ2v) is 5.20. The first-order valence-electron chi connectivity index (χ1n) is 6.91. The van der Waals surface area contributed by atoms with Gasteiger partial charge in [-0.05, 0) is 43.7 Å². The summed E-state index contributed by atoms with van der Waals surface area (Å²) < 4.78 is 5.32. The average molecular weight is 335 g/mol. The maximum atomic E-state index is 12.3. The van der Waals surface area contributed by atoms with Gasteiger partial charge in [-0.3, -0.25) is 14.9 Å². The number of halogens is 1. The number of non-ortho nitro benzene ring substituents is 1. The number of aryl methyl sites for hydroxylation is 1. The molecular weight excluding hydrogens is 320 g/mol. The third-order valence-corrected chi connectivity index (χ3v) is 3.46. The monoisotopic (exact) mass is 334 g/mol. The zero-order chi connectivity index (χ0) is 17.0. The van der Waals surface area contributed by atoms with Gasteiger partial charge in [-0.15, -0.1) is 0 Å². The topological polar surface area (TPSA) is 81.5 Å². The van der Waals surface area contributed by atoms with Crippen LogP contribution in [0.1, 0.15) is 22.8 Å². The van der Waals surface area contributed by atoms with E-state index in [-0.39, 0.29) is 11.6 Å². The van der Waals surface area contributed by atoms with Crippen LogP contribution in [0.5, 0.6) is 5.75 Å². The molecule has 0 saturated carbocycles. The van der Waals surface area contributed by atoms with Crippen LogP contribution in [-0.4, -0.2) is 17.4 Å². The first kappa shape index (κ1) is 16.8. The summed E-state index contributed by atoms with van der Waals surface area (Å²) in [4.78, 5) is 22.5. The molecule has 0 fully saturated rings. The average Bonchev–Trinajstić information content (AvgIpc) is 2.51. The van der Waals surface area contributed by atoms with E-state index in [9.17, 15) is 14.9 Å². The SMILES string of the molecule is CCOc1ccc(C(=O)Nc2ccc([N+](=O)[O-])cc2C)cc1Cl. The van der Waals surface area contributed by atoms with Crippen molar-refractivity contribution in [1.29, 1.82) is 0 Å². The number of nitro benzene ring substituents is 1. The van der Waals surface area contributed by atoms with E-state index >= 15 is 0 Å². The summed E-state index contributed by atoms with van der Waals surface area (Å²) in [5.41, 5.74) is 1.45. The molecule has 0 aliphatic carbocycles. The molecule has 2 aromatic carbocycles. The van der Waals surface area contributed by atoms with E-state index in [1.54, 1.807) is 19.1 Å². The number of amides is 1. The van der Waals surface area contributed by atoms with Gasteiger partial charge in [-0.1, -0.05) is 11.6 Å². The predicted molar refractivity (Wildman–Crippen MR) is 88.4 cm³/mol. The Morgan fingerprint density at radius 2 is 2.04 bits per heavy atom. The van der Waals surface area contributed by atoms with Crippen LogP contribution in [0.25, 0.3) is 0 Å². The van der Waals surface area contributed by atoms with Gasteiger partial charge in [0, 0.05) is 23.4 Å². The second kappa shape index (κ2) is 7.11. The van der Waals surface area contributed by atoms with Crippen molar-refractivity contribution in [2.24, 2.45) is 0 Å². The van der Waals surface area contributed by atoms with Crippen molar-refractivity contribution in [3.63, 3.8) is 0 Å². The number of ether oxygens (including phenoxy) is 1. The molecule has 1 amide bonds. The van der Waals surface area contributed by atoms with Gasteiger partial charge in [0.2, 0.25) is 0 Å². The summed E-state index contributed by atoms with van der Waals surface area (Å²) in [5, 5.41) is 13.8. The lowest BCUT2D eigenvalue weighted by molar-refractivity contribution is -0.384. The number of nitro groups is 1. The molecule has 0 aromatic heterocycles. The van der Waals surface area contributed by atoms with Crippen LogP contribution in [0.3, 0.4) is 0 Å².